The summed E-state index contributed by atoms with van der Waals surface area (Å²) in [4.78, 5) is 36.1. The molecule has 0 aromatic carbocycles. The summed E-state index contributed by atoms with van der Waals surface area (Å²) in [5.74, 6) is -2.43. The molecule has 1 amide bonds. The predicted molar refractivity (Wildman–Crippen MR) is 73.2 cm³/mol. The second-order valence-corrected chi connectivity index (χ2v) is 4.92. The number of carbonyl (C=O) groups excluding carboxylic acids is 2. The van der Waals surface area contributed by atoms with Gasteiger partial charge in [-0.1, -0.05) is 0 Å². The third kappa shape index (κ3) is 3.08. The van der Waals surface area contributed by atoms with Crippen molar-refractivity contribution >= 4 is 23.7 Å². The number of hydrogen-bond donors (Lipinski definition) is 1. The lowest BCUT2D eigenvalue weighted by Gasteiger charge is -2.33. The fourth-order valence-electron chi connectivity index (χ4n) is 2.14. The average molecular weight is 311 g/mol. The van der Waals surface area contributed by atoms with E-state index in [2.05, 4.69) is 5.10 Å². The fourth-order valence-corrected chi connectivity index (χ4v) is 2.14. The normalized spacial score (nSPS) is 19.9. The Morgan fingerprint density at radius 3 is 2.73 bits per heavy atom. The second-order valence-electron chi connectivity index (χ2n) is 4.92. The van der Waals surface area contributed by atoms with E-state index in [1.54, 1.807) is 17.8 Å². The Morgan fingerprint density at radius 1 is 1.55 bits per heavy atom. The van der Waals surface area contributed by atoms with Gasteiger partial charge in [-0.2, -0.15) is 5.10 Å². The molecule has 0 radical (unpaired) electrons. The first-order chi connectivity index (χ1) is 10.3. The highest BCUT2D eigenvalue weighted by Gasteiger charge is 2.43. The van der Waals surface area contributed by atoms with Gasteiger partial charge in [0.15, 0.2) is 11.9 Å². The van der Waals surface area contributed by atoms with Crippen LogP contribution in [0.5, 0.6) is 0 Å². The number of hydrogen-bond acceptors (Lipinski definition) is 6. The maximum atomic E-state index is 12.5. The molecule has 1 fully saturated rings. The molecular weight excluding hydrogens is 294 g/mol. The molecule has 2 heterocycles. The Bertz CT molecular complexity index is 591. The minimum Gasteiger partial charge on any atom is -0.478 e. The van der Waals surface area contributed by atoms with Crippen LogP contribution >= 0.6 is 0 Å². The molecule has 9 heteroatoms. The summed E-state index contributed by atoms with van der Waals surface area (Å²) in [6.45, 7) is 3.27. The summed E-state index contributed by atoms with van der Waals surface area (Å²) in [7, 11) is 1.74. The summed E-state index contributed by atoms with van der Waals surface area (Å²) in [6.07, 6.45) is -3.07. The van der Waals surface area contributed by atoms with Gasteiger partial charge in [-0.05, 0) is 6.92 Å². The second kappa shape index (κ2) is 6.14. The lowest BCUT2D eigenvalue weighted by molar-refractivity contribution is -0.177. The van der Waals surface area contributed by atoms with E-state index in [-0.39, 0.29) is 13.2 Å². The molecule has 1 N–H and O–H groups in total. The minimum absolute atomic E-state index is 0.122. The summed E-state index contributed by atoms with van der Waals surface area (Å²) in [5, 5.41) is 13.3. The fraction of sp³-hybridized carbons (Fsp3) is 0.538. The van der Waals surface area contributed by atoms with Crippen molar-refractivity contribution < 1.29 is 29.0 Å². The Balaban J connectivity index is 2.25. The smallest absolute Gasteiger partial charge is 0.348 e. The molecule has 2 atom stereocenters. The highest BCUT2D eigenvalue weighted by atomic mass is 16.6. The Labute approximate surface area is 126 Å². The number of aryl methyl sites for hydroxylation is 2. The number of aliphatic carboxylic acids is 1. The number of rotatable bonds is 4. The van der Waals surface area contributed by atoms with Gasteiger partial charge in [0.05, 0.1) is 13.2 Å². The lowest BCUT2D eigenvalue weighted by atomic mass is 10.1. The van der Waals surface area contributed by atoms with E-state index in [0.29, 0.717) is 5.82 Å². The number of ether oxygens (including phenoxy) is 2. The van der Waals surface area contributed by atoms with Crippen LogP contribution in [0.4, 0.5) is 5.82 Å². The van der Waals surface area contributed by atoms with Crippen LogP contribution < -0.4 is 4.90 Å². The van der Waals surface area contributed by atoms with Gasteiger partial charge < -0.3 is 14.6 Å². The van der Waals surface area contributed by atoms with E-state index < -0.39 is 30.1 Å². The number of aromatic nitrogens is 2. The molecule has 1 aromatic heterocycles. The van der Waals surface area contributed by atoms with Crippen molar-refractivity contribution in [3.05, 3.63) is 11.8 Å². The van der Waals surface area contributed by atoms with Crippen LogP contribution in [0.15, 0.2) is 6.07 Å². The van der Waals surface area contributed by atoms with E-state index in [1.165, 1.54) is 4.90 Å². The zero-order valence-electron chi connectivity index (χ0n) is 12.5. The summed E-state index contributed by atoms with van der Waals surface area (Å²) in [6, 6.07) is 1.71. The van der Waals surface area contributed by atoms with Gasteiger partial charge in [-0.15, -0.1) is 0 Å². The average Bonchev–Trinajstić information content (AvgIpc) is 2.76. The van der Waals surface area contributed by atoms with Gasteiger partial charge in [-0.25, -0.2) is 4.79 Å². The SMILES string of the molecule is CC(=O)O[C@@H](C(=O)O)C1OCCN(c2cc(C)n(C)n2)C1=O. The van der Waals surface area contributed by atoms with Crippen LogP contribution in [0.3, 0.4) is 0 Å². The number of morpholine rings is 1. The van der Waals surface area contributed by atoms with Gasteiger partial charge in [0, 0.05) is 25.7 Å². The molecule has 0 spiro atoms. The molecule has 1 unspecified atom stereocenters. The van der Waals surface area contributed by atoms with Gasteiger partial charge in [0.1, 0.15) is 0 Å². The van der Waals surface area contributed by atoms with Gasteiger partial charge in [-0.3, -0.25) is 19.2 Å². The van der Waals surface area contributed by atoms with Gasteiger partial charge >= 0.3 is 11.9 Å². The number of anilines is 1. The first kappa shape index (κ1) is 16.0. The van der Waals surface area contributed by atoms with Crippen molar-refractivity contribution in [3.63, 3.8) is 0 Å². The summed E-state index contributed by atoms with van der Waals surface area (Å²) < 4.78 is 11.5. The van der Waals surface area contributed by atoms with Gasteiger partial charge in [0.2, 0.25) is 6.10 Å². The highest BCUT2D eigenvalue weighted by molar-refractivity contribution is 5.99. The number of esters is 1. The molecule has 120 valence electrons. The van der Waals surface area contributed by atoms with Crippen LogP contribution in [0.1, 0.15) is 12.6 Å². The monoisotopic (exact) mass is 311 g/mol. The Kier molecular flexibility index (Phi) is 4.45. The van der Waals surface area contributed by atoms with Crippen molar-refractivity contribution in [3.8, 4) is 0 Å². The molecule has 9 nitrogen and oxygen atoms in total. The number of carboxylic acid groups (broad SMARTS) is 1. The van der Waals surface area contributed by atoms with E-state index in [0.717, 1.165) is 12.6 Å². The molecule has 1 saturated heterocycles. The molecule has 1 aliphatic rings. The highest BCUT2D eigenvalue weighted by Crippen LogP contribution is 2.21. The number of carbonyl (C=O) groups is 3. The van der Waals surface area contributed by atoms with E-state index in [1.807, 2.05) is 6.92 Å². The third-order valence-corrected chi connectivity index (χ3v) is 3.31. The molecule has 0 aliphatic carbocycles. The maximum Gasteiger partial charge on any atom is 0.348 e. The molecule has 1 aromatic rings. The first-order valence-corrected chi connectivity index (χ1v) is 6.65. The van der Waals surface area contributed by atoms with Crippen LogP contribution in [0, 0.1) is 6.92 Å². The standard InChI is InChI=1S/C13H17N3O6/c1-7-6-9(14-15(7)3)16-4-5-21-10(12(16)18)11(13(19)20)22-8(2)17/h6,10-11H,4-5H2,1-3H3,(H,19,20)/t10?,11-/m1/s1. The summed E-state index contributed by atoms with van der Waals surface area (Å²) in [5.41, 5.74) is 0.848. The van der Waals surface area contributed by atoms with Crippen molar-refractivity contribution in [1.29, 1.82) is 0 Å². The van der Waals surface area contributed by atoms with Crippen molar-refractivity contribution in [2.45, 2.75) is 26.1 Å². The quantitative estimate of drug-likeness (QED) is 0.744. The zero-order valence-corrected chi connectivity index (χ0v) is 12.5. The van der Waals surface area contributed by atoms with Crippen LogP contribution in [0.25, 0.3) is 0 Å². The molecule has 0 saturated carbocycles. The van der Waals surface area contributed by atoms with Crippen LogP contribution in [-0.2, 0) is 30.9 Å². The number of carboxylic acids is 1. The van der Waals surface area contributed by atoms with Crippen molar-refractivity contribution in [1.82, 2.24) is 9.78 Å². The molecule has 1 aliphatic heterocycles. The largest absolute Gasteiger partial charge is 0.478 e. The van der Waals surface area contributed by atoms with Crippen LogP contribution in [0.2, 0.25) is 0 Å². The van der Waals surface area contributed by atoms with E-state index in [4.69, 9.17) is 14.6 Å². The van der Waals surface area contributed by atoms with Crippen LogP contribution in [-0.4, -0.2) is 58.1 Å². The zero-order chi connectivity index (χ0) is 16.4. The molecular formula is C13H17N3O6. The summed E-state index contributed by atoms with van der Waals surface area (Å²) >= 11 is 0. The minimum atomic E-state index is -1.68. The van der Waals surface area contributed by atoms with Gasteiger partial charge in [0.25, 0.3) is 5.91 Å². The van der Waals surface area contributed by atoms with E-state index in [9.17, 15) is 14.4 Å². The van der Waals surface area contributed by atoms with E-state index >= 15 is 0 Å². The first-order valence-electron chi connectivity index (χ1n) is 6.65. The van der Waals surface area contributed by atoms with Crippen molar-refractivity contribution in [2.75, 3.05) is 18.1 Å². The Hall–Kier alpha value is -2.42. The molecule has 0 bridgehead atoms. The Morgan fingerprint density at radius 2 is 2.23 bits per heavy atom. The predicted octanol–water partition coefficient (Wildman–Crippen LogP) is -0.523. The van der Waals surface area contributed by atoms with Crippen molar-refractivity contribution in [2.24, 2.45) is 7.05 Å². The maximum absolute atomic E-state index is 12.5. The molecule has 2 rings (SSSR count). The number of nitrogens with zero attached hydrogens (tertiary/aromatic N) is 3. The molecule has 22 heavy (non-hydrogen) atoms. The lowest BCUT2D eigenvalue weighted by Crippen LogP contribution is -2.55. The topological polar surface area (TPSA) is 111 Å². The third-order valence-electron chi connectivity index (χ3n) is 3.31. The number of amides is 1.